The molecule has 2 aliphatic heterocycles. The first-order valence-electron chi connectivity index (χ1n) is 8.14. The van der Waals surface area contributed by atoms with Crippen molar-refractivity contribution in [2.24, 2.45) is 5.92 Å². The van der Waals surface area contributed by atoms with Crippen molar-refractivity contribution < 1.29 is 9.84 Å². The van der Waals surface area contributed by atoms with Gasteiger partial charge in [0.2, 0.25) is 0 Å². The van der Waals surface area contributed by atoms with Crippen LogP contribution in [0.4, 0.5) is 0 Å². The molecule has 116 valence electrons. The van der Waals surface area contributed by atoms with Crippen molar-refractivity contribution in [2.75, 3.05) is 32.7 Å². The Morgan fingerprint density at radius 1 is 1.00 bits per heavy atom. The van der Waals surface area contributed by atoms with Crippen LogP contribution in [-0.4, -0.2) is 71.0 Å². The lowest BCUT2D eigenvalue weighted by Crippen LogP contribution is -2.51. The standard InChI is InChI=1S/C16H30N2O2/c1-15(2)13(14(19)16(3,4)20-15)11-17-7-9-18(10-8-17)12-5-6-12/h12-14,19H,5-11H2,1-4H3. The maximum Gasteiger partial charge on any atom is 0.0896 e. The quantitative estimate of drug-likeness (QED) is 0.847. The molecule has 2 saturated heterocycles. The average molecular weight is 282 g/mol. The Balaban J connectivity index is 1.57. The molecule has 0 bridgehead atoms. The summed E-state index contributed by atoms with van der Waals surface area (Å²) in [5.74, 6) is 0.199. The summed E-state index contributed by atoms with van der Waals surface area (Å²) in [7, 11) is 0. The van der Waals surface area contributed by atoms with Gasteiger partial charge < -0.3 is 14.7 Å². The number of hydrogen-bond donors (Lipinski definition) is 1. The Morgan fingerprint density at radius 2 is 1.60 bits per heavy atom. The smallest absolute Gasteiger partial charge is 0.0896 e. The van der Waals surface area contributed by atoms with E-state index in [1.165, 1.54) is 25.9 Å². The first kappa shape index (κ1) is 14.8. The van der Waals surface area contributed by atoms with E-state index in [9.17, 15) is 5.11 Å². The van der Waals surface area contributed by atoms with Crippen LogP contribution in [0.15, 0.2) is 0 Å². The van der Waals surface area contributed by atoms with Gasteiger partial charge in [0, 0.05) is 44.7 Å². The molecule has 1 N–H and O–H groups in total. The second-order valence-corrected chi connectivity index (χ2v) is 7.93. The Bertz CT molecular complexity index is 357. The van der Waals surface area contributed by atoms with Gasteiger partial charge >= 0.3 is 0 Å². The lowest BCUT2D eigenvalue weighted by atomic mass is 9.84. The maximum absolute atomic E-state index is 10.6. The normalized spacial score (nSPS) is 38.2. The largest absolute Gasteiger partial charge is 0.390 e. The molecular weight excluding hydrogens is 252 g/mol. The van der Waals surface area contributed by atoms with E-state index in [1.54, 1.807) is 0 Å². The third-order valence-corrected chi connectivity index (χ3v) is 5.44. The minimum absolute atomic E-state index is 0.199. The molecule has 20 heavy (non-hydrogen) atoms. The van der Waals surface area contributed by atoms with Crippen molar-refractivity contribution in [3.63, 3.8) is 0 Å². The maximum atomic E-state index is 10.6. The van der Waals surface area contributed by atoms with Crippen LogP contribution in [-0.2, 0) is 4.74 Å². The summed E-state index contributed by atoms with van der Waals surface area (Å²) >= 11 is 0. The van der Waals surface area contributed by atoms with Gasteiger partial charge in [0.1, 0.15) is 0 Å². The van der Waals surface area contributed by atoms with Crippen molar-refractivity contribution >= 4 is 0 Å². The van der Waals surface area contributed by atoms with Gasteiger partial charge in [0.15, 0.2) is 0 Å². The Hall–Kier alpha value is -0.160. The molecule has 3 aliphatic rings. The third-order valence-electron chi connectivity index (χ3n) is 5.44. The second kappa shape index (κ2) is 4.94. The summed E-state index contributed by atoms with van der Waals surface area (Å²) in [5.41, 5.74) is -0.666. The molecule has 0 amide bonds. The molecule has 1 aliphatic carbocycles. The van der Waals surface area contributed by atoms with Gasteiger partial charge in [-0.25, -0.2) is 0 Å². The van der Waals surface area contributed by atoms with Crippen molar-refractivity contribution in [3.05, 3.63) is 0 Å². The highest BCUT2D eigenvalue weighted by atomic mass is 16.5. The fourth-order valence-corrected chi connectivity index (χ4v) is 4.03. The van der Waals surface area contributed by atoms with Crippen LogP contribution < -0.4 is 0 Å². The number of hydrogen-bond acceptors (Lipinski definition) is 4. The van der Waals surface area contributed by atoms with E-state index < -0.39 is 5.60 Å². The molecule has 3 fully saturated rings. The van der Waals surface area contributed by atoms with Gasteiger partial charge in [-0.05, 0) is 40.5 Å². The van der Waals surface area contributed by atoms with E-state index in [0.29, 0.717) is 0 Å². The zero-order valence-corrected chi connectivity index (χ0v) is 13.4. The van der Waals surface area contributed by atoms with E-state index in [4.69, 9.17) is 4.74 Å². The summed E-state index contributed by atoms with van der Waals surface area (Å²) < 4.78 is 6.08. The Kier molecular flexibility index (Phi) is 3.65. The minimum Gasteiger partial charge on any atom is -0.390 e. The highest BCUT2D eigenvalue weighted by molar-refractivity contribution is 5.02. The van der Waals surface area contributed by atoms with Crippen LogP contribution in [0.25, 0.3) is 0 Å². The highest BCUT2D eigenvalue weighted by Gasteiger charge is 2.53. The topological polar surface area (TPSA) is 35.9 Å². The van der Waals surface area contributed by atoms with E-state index in [1.807, 2.05) is 13.8 Å². The lowest BCUT2D eigenvalue weighted by molar-refractivity contribution is -0.0915. The molecule has 2 unspecified atom stereocenters. The van der Waals surface area contributed by atoms with Gasteiger partial charge in [-0.3, -0.25) is 4.90 Å². The van der Waals surface area contributed by atoms with E-state index in [0.717, 1.165) is 25.7 Å². The zero-order chi connectivity index (χ0) is 14.5. The number of aliphatic hydroxyl groups is 1. The van der Waals surface area contributed by atoms with E-state index in [-0.39, 0.29) is 17.6 Å². The van der Waals surface area contributed by atoms with Crippen molar-refractivity contribution in [1.82, 2.24) is 9.80 Å². The Morgan fingerprint density at radius 3 is 2.05 bits per heavy atom. The van der Waals surface area contributed by atoms with Crippen molar-refractivity contribution in [2.45, 2.75) is 63.9 Å². The lowest BCUT2D eigenvalue weighted by Gasteiger charge is -2.38. The number of ether oxygens (including phenoxy) is 1. The van der Waals surface area contributed by atoms with Crippen LogP contribution in [0.5, 0.6) is 0 Å². The predicted molar refractivity (Wildman–Crippen MR) is 79.8 cm³/mol. The number of aliphatic hydroxyl groups excluding tert-OH is 1. The summed E-state index contributed by atoms with van der Waals surface area (Å²) in [6.07, 6.45) is 2.42. The SMILES string of the molecule is CC1(C)OC(C)(C)C(CN2CCN(C3CC3)CC2)C1O. The summed E-state index contributed by atoms with van der Waals surface area (Å²) in [6.45, 7) is 13.9. The molecule has 0 aromatic rings. The van der Waals surface area contributed by atoms with E-state index >= 15 is 0 Å². The molecule has 0 aromatic heterocycles. The molecule has 2 heterocycles. The highest BCUT2D eigenvalue weighted by Crippen LogP contribution is 2.42. The van der Waals surface area contributed by atoms with Crippen LogP contribution in [0.3, 0.4) is 0 Å². The molecule has 0 aromatic carbocycles. The van der Waals surface area contributed by atoms with Crippen molar-refractivity contribution in [1.29, 1.82) is 0 Å². The van der Waals surface area contributed by atoms with Crippen molar-refractivity contribution in [3.8, 4) is 0 Å². The molecular formula is C16H30N2O2. The molecule has 4 nitrogen and oxygen atoms in total. The Labute approximate surface area is 123 Å². The molecule has 2 atom stereocenters. The first-order chi connectivity index (χ1) is 9.29. The number of nitrogens with zero attached hydrogens (tertiary/aromatic N) is 2. The second-order valence-electron chi connectivity index (χ2n) is 7.93. The number of rotatable bonds is 3. The summed E-state index contributed by atoms with van der Waals surface area (Å²) in [4.78, 5) is 5.15. The van der Waals surface area contributed by atoms with Gasteiger partial charge in [0.05, 0.1) is 17.3 Å². The molecule has 1 saturated carbocycles. The molecule has 0 spiro atoms. The first-order valence-corrected chi connectivity index (χ1v) is 8.14. The van der Waals surface area contributed by atoms with E-state index in [2.05, 4.69) is 23.6 Å². The number of piperazine rings is 1. The van der Waals surface area contributed by atoms with Gasteiger partial charge in [-0.15, -0.1) is 0 Å². The van der Waals surface area contributed by atoms with Gasteiger partial charge in [-0.2, -0.15) is 0 Å². The summed E-state index contributed by atoms with van der Waals surface area (Å²) in [5, 5.41) is 10.6. The van der Waals surface area contributed by atoms with Crippen LogP contribution >= 0.6 is 0 Å². The fourth-order valence-electron chi connectivity index (χ4n) is 4.03. The fraction of sp³-hybridized carbons (Fsp3) is 1.00. The zero-order valence-electron chi connectivity index (χ0n) is 13.4. The average Bonchev–Trinajstić information content (AvgIpc) is 3.16. The monoisotopic (exact) mass is 282 g/mol. The van der Waals surface area contributed by atoms with Gasteiger partial charge in [0.25, 0.3) is 0 Å². The molecule has 4 heteroatoms. The minimum atomic E-state index is -0.427. The van der Waals surface area contributed by atoms with Crippen LogP contribution in [0, 0.1) is 5.92 Å². The summed E-state index contributed by atoms with van der Waals surface area (Å²) in [6, 6.07) is 0.882. The third kappa shape index (κ3) is 2.76. The molecule has 3 rings (SSSR count). The van der Waals surface area contributed by atoms with Gasteiger partial charge in [-0.1, -0.05) is 0 Å². The predicted octanol–water partition coefficient (Wildman–Crippen LogP) is 1.33. The van der Waals surface area contributed by atoms with Crippen LogP contribution in [0.2, 0.25) is 0 Å². The molecule has 0 radical (unpaired) electrons. The van der Waals surface area contributed by atoms with Crippen LogP contribution in [0.1, 0.15) is 40.5 Å².